The highest BCUT2D eigenvalue weighted by Crippen LogP contribution is 2.27. The Labute approximate surface area is 273 Å². The van der Waals surface area contributed by atoms with E-state index in [1.807, 2.05) is 75.4 Å². The maximum absolute atomic E-state index is 15.2. The molecule has 7 nitrogen and oxygen atoms in total. The number of carbonyl (C=O) groups excluding carboxylic acids is 2. The van der Waals surface area contributed by atoms with Gasteiger partial charge in [0.05, 0.1) is 10.6 Å². The van der Waals surface area contributed by atoms with Gasteiger partial charge in [-0.25, -0.2) is 12.8 Å². The highest BCUT2D eigenvalue weighted by atomic mass is 79.9. The molecule has 0 spiro atoms. The quantitative estimate of drug-likeness (QED) is 0.170. The number of hydrogen-bond donors (Lipinski definition) is 1. The topological polar surface area (TPSA) is 86.8 Å². The van der Waals surface area contributed by atoms with Gasteiger partial charge in [0.2, 0.25) is 11.8 Å². The Morgan fingerprint density at radius 3 is 2.11 bits per heavy atom. The van der Waals surface area contributed by atoms with Crippen LogP contribution in [0.4, 0.5) is 10.1 Å². The van der Waals surface area contributed by atoms with Crippen molar-refractivity contribution < 1.29 is 22.4 Å². The van der Waals surface area contributed by atoms with E-state index in [4.69, 9.17) is 0 Å². The lowest BCUT2D eigenvalue weighted by atomic mass is 10.0. The number of rotatable bonds is 13. The predicted octanol–water partition coefficient (Wildman–Crippen LogP) is 6.65. The van der Waals surface area contributed by atoms with Crippen molar-refractivity contribution in [2.24, 2.45) is 0 Å². The van der Waals surface area contributed by atoms with E-state index in [1.54, 1.807) is 12.1 Å². The largest absolute Gasteiger partial charge is 0.352 e. The second-order valence-electron chi connectivity index (χ2n) is 10.9. The van der Waals surface area contributed by atoms with E-state index < -0.39 is 34.3 Å². The van der Waals surface area contributed by atoms with Crippen molar-refractivity contribution in [1.82, 2.24) is 10.2 Å². The molecule has 0 aliphatic heterocycles. The van der Waals surface area contributed by atoms with Crippen LogP contribution >= 0.6 is 15.9 Å². The lowest BCUT2D eigenvalue weighted by molar-refractivity contribution is -0.140. The molecule has 0 aromatic heterocycles. The smallest absolute Gasteiger partial charge is 0.264 e. The number of para-hydroxylation sites is 1. The fourth-order valence-corrected chi connectivity index (χ4v) is 6.47. The van der Waals surface area contributed by atoms with E-state index in [9.17, 15) is 18.0 Å². The van der Waals surface area contributed by atoms with Crippen LogP contribution in [0.25, 0.3) is 0 Å². The Morgan fingerprint density at radius 1 is 0.867 bits per heavy atom. The minimum absolute atomic E-state index is 0.0211. The van der Waals surface area contributed by atoms with Crippen molar-refractivity contribution in [3.63, 3.8) is 0 Å². The molecule has 4 aromatic rings. The molecule has 10 heteroatoms. The molecule has 0 unspecified atom stereocenters. The lowest BCUT2D eigenvalue weighted by Gasteiger charge is -2.34. The van der Waals surface area contributed by atoms with Crippen LogP contribution in [-0.2, 0) is 32.6 Å². The number of carbonyl (C=O) groups is 2. The fourth-order valence-electron chi connectivity index (χ4n) is 4.79. The molecular formula is C35H37BrFN3O4S. The molecule has 0 aliphatic carbocycles. The van der Waals surface area contributed by atoms with E-state index in [2.05, 4.69) is 21.2 Å². The molecule has 4 rings (SSSR count). The summed E-state index contributed by atoms with van der Waals surface area (Å²) in [5, 5.41) is 3.00. The van der Waals surface area contributed by atoms with Gasteiger partial charge in [-0.2, -0.15) is 0 Å². The zero-order chi connectivity index (χ0) is 32.6. The van der Waals surface area contributed by atoms with Crippen molar-refractivity contribution in [2.75, 3.05) is 10.8 Å². The van der Waals surface area contributed by atoms with Gasteiger partial charge >= 0.3 is 0 Å². The van der Waals surface area contributed by atoms with E-state index in [1.165, 1.54) is 35.2 Å². The third-order valence-corrected chi connectivity index (χ3v) is 9.85. The fraction of sp³-hybridized carbons (Fsp3) is 0.257. The van der Waals surface area contributed by atoms with Gasteiger partial charge in [-0.3, -0.25) is 13.9 Å². The van der Waals surface area contributed by atoms with Crippen LogP contribution in [0.2, 0.25) is 0 Å². The molecule has 0 saturated heterocycles. The van der Waals surface area contributed by atoms with Gasteiger partial charge < -0.3 is 10.2 Å². The summed E-state index contributed by atoms with van der Waals surface area (Å²) in [7, 11) is -4.39. The maximum atomic E-state index is 15.2. The summed E-state index contributed by atoms with van der Waals surface area (Å²) in [5.74, 6) is -1.81. The number of halogens is 2. The van der Waals surface area contributed by atoms with Crippen molar-refractivity contribution in [1.29, 1.82) is 0 Å². The van der Waals surface area contributed by atoms with Crippen LogP contribution in [0.3, 0.4) is 0 Å². The minimum atomic E-state index is -4.39. The number of sulfonamides is 1. The number of hydrogen-bond acceptors (Lipinski definition) is 4. The summed E-state index contributed by atoms with van der Waals surface area (Å²) in [5.41, 5.74) is 2.14. The number of amides is 2. The van der Waals surface area contributed by atoms with Gasteiger partial charge in [0, 0.05) is 23.5 Å². The zero-order valence-electron chi connectivity index (χ0n) is 25.5. The zero-order valence-corrected chi connectivity index (χ0v) is 27.9. The monoisotopic (exact) mass is 693 g/mol. The van der Waals surface area contributed by atoms with Crippen molar-refractivity contribution in [3.8, 4) is 0 Å². The molecular weight excluding hydrogens is 657 g/mol. The van der Waals surface area contributed by atoms with Crippen LogP contribution < -0.4 is 9.62 Å². The van der Waals surface area contributed by atoms with Gasteiger partial charge in [0.1, 0.15) is 18.4 Å². The molecule has 236 valence electrons. The number of anilines is 1. The third kappa shape index (κ3) is 8.79. The standard InChI is InChI=1S/C35H37BrFN3O4S/c1-4-26(3)38-35(42)33(22-27-10-6-5-7-11-27)39(23-28-16-18-29(36)19-17-28)34(41)24-40(32-13-9-8-12-31(32)37)45(43,44)30-20-14-25(2)15-21-30/h5-21,26,33H,4,22-24H2,1-3H3,(H,38,42)/t26-,33+/m1/s1. The van der Waals surface area contributed by atoms with Crippen LogP contribution in [-0.4, -0.2) is 43.8 Å². The van der Waals surface area contributed by atoms with Crippen molar-refractivity contribution in [3.05, 3.63) is 130 Å². The first-order valence-corrected chi connectivity index (χ1v) is 16.9. The van der Waals surface area contributed by atoms with Gasteiger partial charge in [-0.05, 0) is 67.8 Å². The first kappa shape index (κ1) is 33.9. The molecule has 45 heavy (non-hydrogen) atoms. The normalized spacial score (nSPS) is 12.6. The number of benzene rings is 4. The Morgan fingerprint density at radius 2 is 1.49 bits per heavy atom. The number of aryl methyl sites for hydroxylation is 1. The lowest BCUT2D eigenvalue weighted by Crippen LogP contribution is -2.54. The molecule has 4 aromatic carbocycles. The van der Waals surface area contributed by atoms with Gasteiger partial charge in [0.15, 0.2) is 0 Å². The average molecular weight is 695 g/mol. The molecule has 0 bridgehead atoms. The maximum Gasteiger partial charge on any atom is 0.264 e. The van der Waals surface area contributed by atoms with E-state index in [0.29, 0.717) is 6.42 Å². The summed E-state index contributed by atoms with van der Waals surface area (Å²) < 4.78 is 44.9. The van der Waals surface area contributed by atoms with E-state index in [0.717, 1.165) is 31.5 Å². The third-order valence-electron chi connectivity index (χ3n) is 7.55. The first-order valence-electron chi connectivity index (χ1n) is 14.7. The highest BCUT2D eigenvalue weighted by molar-refractivity contribution is 9.10. The Hall–Kier alpha value is -4.02. The van der Waals surface area contributed by atoms with E-state index >= 15 is 4.39 Å². The average Bonchev–Trinajstić information content (AvgIpc) is 3.03. The summed E-state index contributed by atoms with van der Waals surface area (Å²) in [6, 6.07) is 27.1. The SMILES string of the molecule is CC[C@@H](C)NC(=O)[C@H](Cc1ccccc1)N(Cc1ccc(Br)cc1)C(=O)CN(c1ccccc1F)S(=O)(=O)c1ccc(C)cc1. The van der Waals surface area contributed by atoms with Gasteiger partial charge in [-0.15, -0.1) is 0 Å². The molecule has 0 aliphatic rings. The van der Waals surface area contributed by atoms with Gasteiger partial charge in [0.25, 0.3) is 10.0 Å². The molecule has 2 amide bonds. The van der Waals surface area contributed by atoms with Crippen LogP contribution in [0.1, 0.15) is 37.0 Å². The molecule has 0 fully saturated rings. The Kier molecular flexibility index (Phi) is 11.5. The Balaban J connectivity index is 1.81. The summed E-state index contributed by atoms with van der Waals surface area (Å²) in [6.07, 6.45) is 0.871. The van der Waals surface area contributed by atoms with Crippen LogP contribution in [0, 0.1) is 12.7 Å². The predicted molar refractivity (Wildman–Crippen MR) is 179 cm³/mol. The molecule has 2 atom stereocenters. The van der Waals surface area contributed by atoms with Crippen molar-refractivity contribution in [2.45, 2.75) is 57.1 Å². The second kappa shape index (κ2) is 15.3. The molecule has 0 saturated carbocycles. The molecule has 0 radical (unpaired) electrons. The van der Waals surface area contributed by atoms with Crippen LogP contribution in [0.5, 0.6) is 0 Å². The highest BCUT2D eigenvalue weighted by Gasteiger charge is 2.35. The second-order valence-corrected chi connectivity index (χ2v) is 13.7. The molecule has 0 heterocycles. The van der Waals surface area contributed by atoms with Crippen molar-refractivity contribution >= 4 is 43.5 Å². The molecule has 1 N–H and O–H groups in total. The van der Waals surface area contributed by atoms with Gasteiger partial charge in [-0.1, -0.05) is 95.1 Å². The Bertz CT molecular complexity index is 1700. The summed E-state index contributed by atoms with van der Waals surface area (Å²) in [6.45, 7) is 4.95. The minimum Gasteiger partial charge on any atom is -0.352 e. The first-order chi connectivity index (χ1) is 21.5. The number of nitrogens with one attached hydrogen (secondary N) is 1. The summed E-state index contributed by atoms with van der Waals surface area (Å²) in [4.78, 5) is 29.6. The summed E-state index contributed by atoms with van der Waals surface area (Å²) >= 11 is 3.43. The number of nitrogens with zero attached hydrogens (tertiary/aromatic N) is 2. The van der Waals surface area contributed by atoms with E-state index in [-0.39, 0.29) is 35.5 Å². The van der Waals surface area contributed by atoms with Crippen LogP contribution in [0.15, 0.2) is 112 Å².